The molecule has 0 bridgehead atoms. The van der Waals surface area contributed by atoms with Gasteiger partial charge < -0.3 is 23.5 Å². The summed E-state index contributed by atoms with van der Waals surface area (Å²) in [5.74, 6) is 0. The summed E-state index contributed by atoms with van der Waals surface area (Å²) in [5.41, 5.74) is -27.9. The van der Waals surface area contributed by atoms with Gasteiger partial charge in [0.1, 0.15) is 6.07 Å². The van der Waals surface area contributed by atoms with E-state index in [4.69, 9.17) is 31.2 Å². The van der Waals surface area contributed by atoms with Crippen LogP contribution in [0.15, 0.2) is 290 Å². The molecule has 0 unspecified atom stereocenters. The van der Waals surface area contributed by atoms with Gasteiger partial charge in [-0.3, -0.25) is 0 Å². The predicted molar refractivity (Wildman–Crippen MR) is 365 cm³/mol. The fraction of sp³-hybridized carbons (Fsp3) is 0. The van der Waals surface area contributed by atoms with Gasteiger partial charge in [0.2, 0.25) is 5.69 Å². The first-order valence-electron chi connectivity index (χ1n) is 49.9. The van der Waals surface area contributed by atoms with Crippen molar-refractivity contribution in [3.8, 4) is 45.4 Å². The van der Waals surface area contributed by atoms with Gasteiger partial charge in [-0.25, -0.2) is 4.85 Å². The summed E-state index contributed by atoms with van der Waals surface area (Å²) < 4.78 is 468. The third-order valence-corrected chi connectivity index (χ3v) is 14.9. The largest absolute Gasteiger partial charge is 0.319 e. The second-order valence-corrected chi connectivity index (χ2v) is 19.3. The number of aromatic nitrogens is 3. The monoisotopic (exact) mass is 1170 g/mol. The van der Waals surface area contributed by atoms with E-state index in [1.807, 2.05) is 0 Å². The number of hydrogen-bond donors (Lipinski definition) is 0. The molecule has 0 atom stereocenters. The molecule has 16 aromatic rings. The molecular formula is C80H48BN7. The summed E-state index contributed by atoms with van der Waals surface area (Å²) in [7, 11) is 0. The van der Waals surface area contributed by atoms with E-state index in [-0.39, 0.29) is 0 Å². The zero-order valence-corrected chi connectivity index (χ0v) is 43.7. The fourth-order valence-corrected chi connectivity index (χ4v) is 11.3. The molecule has 7 nitrogen and oxygen atoms in total. The lowest BCUT2D eigenvalue weighted by atomic mass is 9.33. The Morgan fingerprint density at radius 1 is 0.341 bits per heavy atom. The van der Waals surface area contributed by atoms with Crippen molar-refractivity contribution in [1.82, 2.24) is 13.7 Å². The molecule has 0 fully saturated rings. The van der Waals surface area contributed by atoms with E-state index in [9.17, 15) is 46.4 Å². The molecule has 18 rings (SSSR count). The Labute approximate surface area is 575 Å². The number of fused-ring (bicyclic) bond motifs is 13. The van der Waals surface area contributed by atoms with E-state index in [0.717, 1.165) is 0 Å². The molecule has 88 heavy (non-hydrogen) atoms. The van der Waals surface area contributed by atoms with Crippen molar-refractivity contribution in [1.29, 1.82) is 5.26 Å². The molecule has 3 aromatic heterocycles. The van der Waals surface area contributed by atoms with Crippen molar-refractivity contribution in [2.75, 3.05) is 9.80 Å². The summed E-state index contributed by atoms with van der Waals surface area (Å²) in [6.07, 6.45) is 0. The first-order chi connectivity index (χ1) is 63.6. The molecule has 406 valence electrons. The highest BCUT2D eigenvalue weighted by Gasteiger charge is 2.44. The molecule has 0 saturated carbocycles. The van der Waals surface area contributed by atoms with Gasteiger partial charge in [-0.2, -0.15) is 5.26 Å². The van der Waals surface area contributed by atoms with Gasteiger partial charge in [0.15, 0.2) is 0 Å². The van der Waals surface area contributed by atoms with E-state index in [1.165, 1.54) is 0 Å². The number of rotatable bonds is 7. The second kappa shape index (κ2) is 19.2. The van der Waals surface area contributed by atoms with E-state index in [0.29, 0.717) is 23.5 Å². The van der Waals surface area contributed by atoms with E-state index >= 15 is 0 Å². The van der Waals surface area contributed by atoms with E-state index in [2.05, 4.69) is 4.85 Å². The highest BCUT2D eigenvalue weighted by Crippen LogP contribution is 2.49. The van der Waals surface area contributed by atoms with Crippen LogP contribution in [0.1, 0.15) is 71.4 Å². The molecule has 0 radical (unpaired) electrons. The summed E-state index contributed by atoms with van der Waals surface area (Å²) in [6.45, 7) is 5.85. The summed E-state index contributed by atoms with van der Waals surface area (Å²) in [4.78, 5) is 4.20. The summed E-state index contributed by atoms with van der Waals surface area (Å²) >= 11 is 0. The van der Waals surface area contributed by atoms with Gasteiger partial charge in [-0.1, -0.05) is 199 Å². The number of nitrogens with zero attached hydrogens (tertiary/aromatic N) is 7. The maximum atomic E-state index is 11.5. The molecule has 0 aliphatic carbocycles. The SMILES string of the molecule is [2H]c1c([2H])c([2H])c(-c2c([2H])c([2H])c(N3c4c([2H])c(-n5c6c([2H])c([2H])c([2H])c([2H])c6c6c([2H])c([2H])c([2H])c(C#N)c65)c([2H])c([2H])c4B4c5c([2H])c([2H])c(-n6c7c([2H])c([2H])c([2H])c([2H])c7c7c([2H])c([2H])c([2H])c([N+]#[C-])c76)c([2H])c5N(c5c([2H])c([2H])c(-c6c([2H])c([2H])c([2H])c([2H])c6[2H])c([2H])c5[2H])c5c([2H])c(-n6c7c([2H])c([2H])c([2H])c([2H])c7c7c([2H])c([2H])c([2H])c([2H])c76)c([2H])c3c54)c([2H])c2[2H])c([2H])c1[2H]. The molecule has 0 amide bonds. The fourth-order valence-electron chi connectivity index (χ4n) is 11.3. The van der Waals surface area contributed by atoms with Crippen LogP contribution in [0.2, 0.25) is 0 Å². The Balaban J connectivity index is 1.19. The average Bonchev–Trinajstić information content (AvgIpc) is 1.02. The Bertz CT molecular complexity index is 8100. The Kier molecular flexibility index (Phi) is 4.68. The third-order valence-electron chi connectivity index (χ3n) is 14.9. The molecule has 2 aliphatic rings. The van der Waals surface area contributed by atoms with Crippen LogP contribution in [-0.2, 0) is 0 Å². The van der Waals surface area contributed by atoms with Gasteiger partial charge in [0.25, 0.3) is 6.71 Å². The third kappa shape index (κ3) is 7.18. The second-order valence-electron chi connectivity index (χ2n) is 19.3. The molecule has 13 aromatic carbocycles. The van der Waals surface area contributed by atoms with Crippen LogP contribution in [0.25, 0.3) is 110 Å². The molecule has 2 aliphatic heterocycles. The predicted octanol–water partition coefficient (Wildman–Crippen LogP) is 18.8. The molecule has 5 heterocycles. The minimum atomic E-state index is -2.81. The van der Waals surface area contributed by atoms with Crippen LogP contribution in [0.3, 0.4) is 0 Å². The normalized spacial score (nSPS) is 20.1. The van der Waals surface area contributed by atoms with Crippen LogP contribution in [0.4, 0.5) is 39.8 Å². The van der Waals surface area contributed by atoms with Crippen molar-refractivity contribution in [2.45, 2.75) is 0 Å². The van der Waals surface area contributed by atoms with Crippen LogP contribution in [-0.4, -0.2) is 20.4 Å². The minimum absolute atomic E-state index is 0.349. The van der Waals surface area contributed by atoms with E-state index < -0.39 is 463 Å². The number of nitriles is 1. The zero-order chi connectivity index (χ0) is 99.9. The molecular weight excluding hydrogens is 1070 g/mol. The average molecular weight is 1170 g/mol. The maximum Gasteiger partial charge on any atom is 0.252 e. The molecule has 0 spiro atoms. The topological polar surface area (TPSA) is 49.4 Å². The standard InChI is InChI=1S/C80H48BN7/c1-83-69-29-17-28-66-64-26-11-15-33-73(64)88(80(66)69)59-43-45-68-75(47-59)85(57-40-36-54(37-41-57)52-20-6-3-7-21-52)77-49-60(86-70-30-12-8-23-61(70)62-24-9-13-31-71(62)86)48-76-78(77)81(68)67-44-42-58(87-72-32-14-10-25-63(72)65-27-16-22-55(50-82)79(65)87)46-74(67)84(76)56-38-34-53(35-39-56)51-18-4-2-5-19-51/h2-49H/i2D,3D,4D,5D,6D,7D,8D,9D,10D,11D,12D,13D,14D,15D,16D,17D,18D,19D,20D,21D,22D,23D,24D,25D,26D,27D,28D,29D,30D,31D,32D,33D,34D,35D,36D,37D,38D,39D,40D,41D,42D,43D,44D,45D,46D,47D,48D,49D. The van der Waals surface area contributed by atoms with Crippen LogP contribution < -0.4 is 26.2 Å². The van der Waals surface area contributed by atoms with Gasteiger partial charge in [-0.15, -0.1) is 0 Å². The van der Waals surface area contributed by atoms with Crippen molar-refractivity contribution in [3.63, 3.8) is 0 Å². The quantitative estimate of drug-likeness (QED) is 0.118. The lowest BCUT2D eigenvalue weighted by Gasteiger charge is -2.44. The first kappa shape index (κ1) is 21.5. The lowest BCUT2D eigenvalue weighted by molar-refractivity contribution is 1.15. The smallest absolute Gasteiger partial charge is 0.252 e. The molecule has 0 saturated heterocycles. The van der Waals surface area contributed by atoms with Gasteiger partial charge >= 0.3 is 0 Å². The van der Waals surface area contributed by atoms with Gasteiger partial charge in [0.05, 0.1) is 115 Å². The summed E-state index contributed by atoms with van der Waals surface area (Å²) in [5, 5.41) is 6.41. The number of anilines is 6. The summed E-state index contributed by atoms with van der Waals surface area (Å²) in [6, 6.07) is -58.6. The Morgan fingerprint density at radius 3 is 1.19 bits per heavy atom. The first-order valence-corrected chi connectivity index (χ1v) is 25.9. The number of benzene rings is 13. The highest BCUT2D eigenvalue weighted by atomic mass is 15.2. The van der Waals surface area contributed by atoms with E-state index in [1.54, 1.807) is 6.07 Å². The number of hydrogen-bond acceptors (Lipinski definition) is 3. The van der Waals surface area contributed by atoms with Crippen molar-refractivity contribution < 1.29 is 65.8 Å². The lowest BCUT2D eigenvalue weighted by Crippen LogP contribution is -2.61. The highest BCUT2D eigenvalue weighted by molar-refractivity contribution is 7.00. The van der Waals surface area contributed by atoms with Crippen molar-refractivity contribution in [2.24, 2.45) is 0 Å². The Morgan fingerprint density at radius 2 is 0.716 bits per heavy atom. The van der Waals surface area contributed by atoms with Gasteiger partial charge in [0, 0.05) is 73.8 Å². The Hall–Kier alpha value is -12.1. The number of para-hydroxylation sites is 6. The van der Waals surface area contributed by atoms with Crippen molar-refractivity contribution >= 4 is 128 Å². The van der Waals surface area contributed by atoms with Crippen molar-refractivity contribution in [3.05, 3.63) is 307 Å². The van der Waals surface area contributed by atoms with Crippen LogP contribution >= 0.6 is 0 Å². The maximum absolute atomic E-state index is 11.5. The van der Waals surface area contributed by atoms with Crippen LogP contribution in [0, 0.1) is 17.9 Å². The van der Waals surface area contributed by atoms with Crippen LogP contribution in [0.5, 0.6) is 0 Å². The molecule has 8 heteroatoms. The van der Waals surface area contributed by atoms with Gasteiger partial charge in [-0.05, 0) is 135 Å². The zero-order valence-electron chi connectivity index (χ0n) is 91.7. The minimum Gasteiger partial charge on any atom is -0.319 e. The molecule has 0 N–H and O–H groups in total.